The lowest BCUT2D eigenvalue weighted by atomic mass is 10.1. The summed E-state index contributed by atoms with van der Waals surface area (Å²) in [6.45, 7) is 4.06. The molecule has 0 aliphatic heterocycles. The van der Waals surface area contributed by atoms with Crippen molar-refractivity contribution in [2.45, 2.75) is 13.8 Å². The highest BCUT2D eigenvalue weighted by molar-refractivity contribution is 9.10. The molecule has 1 nitrogen and oxygen atoms in total. The van der Waals surface area contributed by atoms with Crippen molar-refractivity contribution in [2.75, 3.05) is 5.73 Å². The van der Waals surface area contributed by atoms with Gasteiger partial charge in [-0.1, -0.05) is 22.0 Å². The summed E-state index contributed by atoms with van der Waals surface area (Å²) >= 11 is 3.40. The van der Waals surface area contributed by atoms with Gasteiger partial charge in [0.15, 0.2) is 0 Å². The molecule has 0 fully saturated rings. The predicted molar refractivity (Wildman–Crippen MR) is 48.0 cm³/mol. The average Bonchev–Trinajstić information content (AvgIpc) is 1.84. The molecule has 0 aromatic heterocycles. The summed E-state index contributed by atoms with van der Waals surface area (Å²) in [5.74, 6) is 0. The zero-order valence-corrected chi connectivity index (χ0v) is 7.70. The Labute approximate surface area is 69.4 Å². The molecule has 2 N–H and O–H groups in total. The highest BCUT2D eigenvalue weighted by atomic mass is 79.9. The second-order valence-electron chi connectivity index (χ2n) is 2.46. The second-order valence-corrected chi connectivity index (χ2v) is 3.31. The maximum Gasteiger partial charge on any atom is 0.0355 e. The van der Waals surface area contributed by atoms with Gasteiger partial charge in [-0.3, -0.25) is 0 Å². The number of halogens is 1. The molecule has 1 aromatic carbocycles. The van der Waals surface area contributed by atoms with E-state index in [2.05, 4.69) is 28.9 Å². The van der Waals surface area contributed by atoms with Crippen molar-refractivity contribution in [2.24, 2.45) is 0 Å². The van der Waals surface area contributed by atoms with Crippen LogP contribution >= 0.6 is 15.9 Å². The topological polar surface area (TPSA) is 26.0 Å². The van der Waals surface area contributed by atoms with Crippen molar-refractivity contribution < 1.29 is 0 Å². The molecule has 1 aromatic rings. The van der Waals surface area contributed by atoms with Crippen molar-refractivity contribution in [3.63, 3.8) is 0 Å². The van der Waals surface area contributed by atoms with Crippen LogP contribution in [0, 0.1) is 13.8 Å². The Morgan fingerprint density at radius 3 is 2.30 bits per heavy atom. The van der Waals surface area contributed by atoms with Crippen LogP contribution in [0.5, 0.6) is 0 Å². The van der Waals surface area contributed by atoms with Crippen LogP contribution in [0.2, 0.25) is 0 Å². The largest absolute Gasteiger partial charge is 0.398 e. The molecule has 10 heavy (non-hydrogen) atoms. The Morgan fingerprint density at radius 2 is 1.80 bits per heavy atom. The fraction of sp³-hybridized carbons (Fsp3) is 0.250. The fourth-order valence-corrected chi connectivity index (χ4v) is 1.20. The van der Waals surface area contributed by atoms with Crippen LogP contribution in [0.15, 0.2) is 16.6 Å². The van der Waals surface area contributed by atoms with Crippen molar-refractivity contribution in [1.82, 2.24) is 0 Å². The minimum atomic E-state index is 0.845. The number of nitrogen functional groups attached to an aromatic ring is 1. The van der Waals surface area contributed by atoms with Crippen LogP contribution < -0.4 is 5.73 Å². The zero-order valence-electron chi connectivity index (χ0n) is 6.11. The zero-order chi connectivity index (χ0) is 7.72. The van der Waals surface area contributed by atoms with Crippen LogP contribution in [0.3, 0.4) is 0 Å². The minimum Gasteiger partial charge on any atom is -0.398 e. The van der Waals surface area contributed by atoms with Crippen molar-refractivity contribution >= 4 is 21.6 Å². The molecule has 54 valence electrons. The van der Waals surface area contributed by atoms with Crippen LogP contribution in [-0.2, 0) is 0 Å². The van der Waals surface area contributed by atoms with Gasteiger partial charge < -0.3 is 5.73 Å². The van der Waals surface area contributed by atoms with Gasteiger partial charge in [-0.2, -0.15) is 0 Å². The van der Waals surface area contributed by atoms with Gasteiger partial charge in [-0.15, -0.1) is 0 Å². The Hall–Kier alpha value is -0.500. The third-order valence-corrected chi connectivity index (χ3v) is 2.40. The van der Waals surface area contributed by atoms with Gasteiger partial charge in [-0.25, -0.2) is 0 Å². The molecule has 0 amide bonds. The molecule has 0 aliphatic carbocycles. The Bertz CT molecular complexity index is 205. The van der Waals surface area contributed by atoms with Crippen molar-refractivity contribution in [1.29, 1.82) is 0 Å². The SMILES string of the molecule is Cc1cc(C)c(Br)cc1N. The summed E-state index contributed by atoms with van der Waals surface area (Å²) in [5, 5.41) is 0. The molecule has 0 saturated heterocycles. The van der Waals surface area contributed by atoms with Crippen molar-refractivity contribution in [3.8, 4) is 0 Å². The van der Waals surface area contributed by atoms with E-state index in [1.807, 2.05) is 13.0 Å². The number of benzene rings is 1. The molecule has 0 saturated carbocycles. The van der Waals surface area contributed by atoms with Crippen LogP contribution in [0.25, 0.3) is 0 Å². The van der Waals surface area contributed by atoms with Gasteiger partial charge in [0, 0.05) is 10.2 Å². The third-order valence-electron chi connectivity index (χ3n) is 1.55. The Morgan fingerprint density at radius 1 is 1.20 bits per heavy atom. The Balaban J connectivity index is 3.28. The minimum absolute atomic E-state index is 0.845. The number of hydrogen-bond donors (Lipinski definition) is 1. The smallest absolute Gasteiger partial charge is 0.0355 e. The first-order valence-corrected chi connectivity index (χ1v) is 3.93. The molecule has 1 rings (SSSR count). The lowest BCUT2D eigenvalue weighted by Gasteiger charge is -2.02. The van der Waals surface area contributed by atoms with Crippen LogP contribution in [0.1, 0.15) is 11.1 Å². The Kier molecular flexibility index (Phi) is 2.00. The molecule has 0 unspecified atom stereocenters. The molecule has 0 radical (unpaired) electrons. The van der Waals surface area contributed by atoms with Gasteiger partial charge in [0.2, 0.25) is 0 Å². The summed E-state index contributed by atoms with van der Waals surface area (Å²) in [6, 6.07) is 4.00. The van der Waals surface area contributed by atoms with E-state index in [0.717, 1.165) is 15.7 Å². The van der Waals surface area contributed by atoms with Gasteiger partial charge in [0.05, 0.1) is 0 Å². The first-order valence-electron chi connectivity index (χ1n) is 3.13. The molecule has 2 heteroatoms. The lowest BCUT2D eigenvalue weighted by Crippen LogP contribution is -1.90. The average molecular weight is 200 g/mol. The van der Waals surface area contributed by atoms with E-state index in [9.17, 15) is 0 Å². The van der Waals surface area contributed by atoms with E-state index < -0.39 is 0 Å². The monoisotopic (exact) mass is 199 g/mol. The van der Waals surface area contributed by atoms with Gasteiger partial charge >= 0.3 is 0 Å². The van der Waals surface area contributed by atoms with E-state index >= 15 is 0 Å². The van der Waals surface area contributed by atoms with E-state index in [-0.39, 0.29) is 0 Å². The highest BCUT2D eigenvalue weighted by Crippen LogP contribution is 2.21. The third kappa shape index (κ3) is 1.32. The van der Waals surface area contributed by atoms with E-state index in [1.165, 1.54) is 5.56 Å². The van der Waals surface area contributed by atoms with Crippen molar-refractivity contribution in [3.05, 3.63) is 27.7 Å². The fourth-order valence-electron chi connectivity index (χ4n) is 0.841. The molecular weight excluding hydrogens is 190 g/mol. The quantitative estimate of drug-likeness (QED) is 0.640. The normalized spacial score (nSPS) is 9.90. The number of rotatable bonds is 0. The maximum atomic E-state index is 5.66. The molecule has 0 spiro atoms. The first kappa shape index (κ1) is 7.61. The molecular formula is C8H10BrN. The molecule has 0 heterocycles. The summed E-state index contributed by atoms with van der Waals surface area (Å²) in [5.41, 5.74) is 8.87. The van der Waals surface area contributed by atoms with E-state index in [4.69, 9.17) is 5.73 Å². The van der Waals surface area contributed by atoms with E-state index in [1.54, 1.807) is 0 Å². The van der Waals surface area contributed by atoms with Gasteiger partial charge in [0.25, 0.3) is 0 Å². The lowest BCUT2D eigenvalue weighted by molar-refractivity contribution is 1.36. The maximum absolute atomic E-state index is 5.66. The molecule has 0 aliphatic rings. The highest BCUT2D eigenvalue weighted by Gasteiger charge is 1.97. The van der Waals surface area contributed by atoms with Gasteiger partial charge in [-0.05, 0) is 31.0 Å². The summed E-state index contributed by atoms with van der Waals surface area (Å²) in [6.07, 6.45) is 0. The van der Waals surface area contributed by atoms with E-state index in [0.29, 0.717) is 0 Å². The number of aryl methyl sites for hydroxylation is 2. The van der Waals surface area contributed by atoms with Crippen LogP contribution in [0.4, 0.5) is 5.69 Å². The second kappa shape index (κ2) is 2.62. The molecule has 0 bridgehead atoms. The number of anilines is 1. The predicted octanol–water partition coefficient (Wildman–Crippen LogP) is 2.65. The summed E-state index contributed by atoms with van der Waals surface area (Å²) in [7, 11) is 0. The summed E-state index contributed by atoms with van der Waals surface area (Å²) in [4.78, 5) is 0. The standard InChI is InChI=1S/C8H10BrN/c1-5-3-6(2)8(10)4-7(5)9/h3-4H,10H2,1-2H3. The summed E-state index contributed by atoms with van der Waals surface area (Å²) < 4.78 is 1.08. The number of nitrogens with two attached hydrogens (primary N) is 1. The van der Waals surface area contributed by atoms with Crippen LogP contribution in [-0.4, -0.2) is 0 Å². The molecule has 0 atom stereocenters. The first-order chi connectivity index (χ1) is 4.61. The van der Waals surface area contributed by atoms with Gasteiger partial charge in [0.1, 0.15) is 0 Å². The number of hydrogen-bond acceptors (Lipinski definition) is 1.